The number of aryl methyl sites for hydroxylation is 2. The fourth-order valence-electron chi connectivity index (χ4n) is 12.2. The number of para-hydroxylation sites is 2. The number of fused-ring (bicyclic) bond motifs is 12. The maximum absolute atomic E-state index is 2.48. The molecule has 0 saturated carbocycles. The summed E-state index contributed by atoms with van der Waals surface area (Å²) in [5.41, 5.74) is 19.2. The van der Waals surface area contributed by atoms with Crippen molar-refractivity contribution in [3.8, 4) is 33.4 Å². The summed E-state index contributed by atoms with van der Waals surface area (Å²) in [6.45, 7) is 9.32. The van der Waals surface area contributed by atoms with E-state index in [4.69, 9.17) is 0 Å². The molecule has 1 aromatic heterocycles. The van der Waals surface area contributed by atoms with E-state index in [0.29, 0.717) is 0 Å². The predicted molar refractivity (Wildman–Crippen MR) is 319 cm³/mol. The molecule has 0 atom stereocenters. The maximum Gasteiger partial charge on any atom is 0.0468 e. The van der Waals surface area contributed by atoms with Crippen molar-refractivity contribution < 1.29 is 0 Å². The minimum absolute atomic E-state index is 0.271. The molecule has 0 aliphatic heterocycles. The van der Waals surface area contributed by atoms with Crippen LogP contribution in [0.3, 0.4) is 0 Å². The van der Waals surface area contributed by atoms with E-state index in [2.05, 4.69) is 280 Å². The first-order valence-corrected chi connectivity index (χ1v) is 26.5. The molecule has 0 bridgehead atoms. The fraction of sp³-hybridized carbons (Fsp3) is 0.0704. The van der Waals surface area contributed by atoms with Crippen molar-refractivity contribution in [1.29, 1.82) is 0 Å². The molecule has 2 nitrogen and oxygen atoms in total. The van der Waals surface area contributed by atoms with Crippen molar-refractivity contribution in [3.05, 3.63) is 265 Å². The number of anilines is 6. The second kappa shape index (κ2) is 17.2. The van der Waals surface area contributed by atoms with Crippen LogP contribution >= 0.6 is 11.3 Å². The van der Waals surface area contributed by atoms with Crippen molar-refractivity contribution in [1.82, 2.24) is 0 Å². The van der Waals surface area contributed by atoms with Crippen molar-refractivity contribution in [3.63, 3.8) is 0 Å². The van der Waals surface area contributed by atoms with E-state index in [9.17, 15) is 0 Å². The van der Waals surface area contributed by atoms with Crippen molar-refractivity contribution in [2.45, 2.75) is 33.1 Å². The third-order valence-electron chi connectivity index (χ3n) is 15.9. The topological polar surface area (TPSA) is 6.48 Å². The van der Waals surface area contributed by atoms with Gasteiger partial charge in [-0.05, 0) is 193 Å². The summed E-state index contributed by atoms with van der Waals surface area (Å²) in [4.78, 5) is 4.85. The van der Waals surface area contributed by atoms with E-state index >= 15 is 0 Å². The average Bonchev–Trinajstić information content (AvgIpc) is 3.95. The molecule has 13 aromatic rings. The molecule has 14 rings (SSSR count). The Kier molecular flexibility index (Phi) is 10.2. The second-order valence-corrected chi connectivity index (χ2v) is 21.7. The van der Waals surface area contributed by atoms with Crippen LogP contribution in [-0.4, -0.2) is 0 Å². The molecule has 1 aliphatic rings. The molecule has 1 heterocycles. The van der Waals surface area contributed by atoms with Gasteiger partial charge in [-0.15, -0.1) is 11.3 Å². The second-order valence-electron chi connectivity index (χ2n) is 20.6. The lowest BCUT2D eigenvalue weighted by Gasteiger charge is -2.30. The zero-order valence-corrected chi connectivity index (χ0v) is 42.7. The lowest BCUT2D eigenvalue weighted by molar-refractivity contribution is 0.660. The summed E-state index contributed by atoms with van der Waals surface area (Å²) >= 11 is 1.87. The van der Waals surface area contributed by atoms with E-state index in [1.165, 1.54) is 108 Å². The molecular weight excluding hydrogens is 913 g/mol. The van der Waals surface area contributed by atoms with Gasteiger partial charge in [0.05, 0.1) is 0 Å². The summed E-state index contributed by atoms with van der Waals surface area (Å²) in [7, 11) is 0. The molecule has 12 aromatic carbocycles. The van der Waals surface area contributed by atoms with Gasteiger partial charge >= 0.3 is 0 Å². The van der Waals surface area contributed by atoms with Gasteiger partial charge < -0.3 is 9.80 Å². The number of hydrogen-bond donors (Lipinski definition) is 0. The highest BCUT2D eigenvalue weighted by molar-refractivity contribution is 7.25. The molecule has 0 fully saturated rings. The van der Waals surface area contributed by atoms with Gasteiger partial charge in [-0.2, -0.15) is 0 Å². The highest BCUT2D eigenvalue weighted by Gasteiger charge is 2.37. The number of hydrogen-bond acceptors (Lipinski definition) is 3. The highest BCUT2D eigenvalue weighted by Crippen LogP contribution is 2.53. The number of nitrogens with zero attached hydrogens (tertiary/aromatic N) is 2. The summed E-state index contributed by atoms with van der Waals surface area (Å²) in [6.07, 6.45) is 0. The van der Waals surface area contributed by atoms with E-state index in [1.807, 2.05) is 11.3 Å². The number of benzene rings is 12. The van der Waals surface area contributed by atoms with Crippen LogP contribution in [0.1, 0.15) is 36.1 Å². The quantitative estimate of drug-likeness (QED) is 0.140. The highest BCUT2D eigenvalue weighted by atomic mass is 32.1. The van der Waals surface area contributed by atoms with E-state index in [-0.39, 0.29) is 5.41 Å². The fourth-order valence-corrected chi connectivity index (χ4v) is 13.3. The Morgan fingerprint density at radius 1 is 0.284 bits per heavy atom. The van der Waals surface area contributed by atoms with Gasteiger partial charge in [0, 0.05) is 59.7 Å². The summed E-state index contributed by atoms with van der Waals surface area (Å²) in [6, 6.07) is 90.2. The summed E-state index contributed by atoms with van der Waals surface area (Å²) in [5, 5.41) is 10.3. The number of rotatable bonds is 8. The lowest BCUT2D eigenvalue weighted by Crippen LogP contribution is -2.17. The Balaban J connectivity index is 0.887. The van der Waals surface area contributed by atoms with Crippen LogP contribution in [0.5, 0.6) is 0 Å². The van der Waals surface area contributed by atoms with E-state index in [0.717, 1.165) is 34.1 Å². The van der Waals surface area contributed by atoms with Crippen molar-refractivity contribution in [2.24, 2.45) is 0 Å². The molecular formula is C71H52N2S. The van der Waals surface area contributed by atoms with Crippen LogP contribution in [0.15, 0.2) is 243 Å². The third kappa shape index (κ3) is 7.06. The first-order chi connectivity index (χ1) is 36.3. The molecule has 3 heteroatoms. The molecule has 74 heavy (non-hydrogen) atoms. The van der Waals surface area contributed by atoms with Crippen LogP contribution < -0.4 is 9.80 Å². The Morgan fingerprint density at radius 3 is 1.27 bits per heavy atom. The van der Waals surface area contributed by atoms with Crippen molar-refractivity contribution in [2.75, 3.05) is 9.80 Å². The Bertz CT molecular complexity index is 4300. The van der Waals surface area contributed by atoms with Crippen LogP contribution in [0.2, 0.25) is 0 Å². The molecule has 352 valence electrons. The Labute approximate surface area is 436 Å². The monoisotopic (exact) mass is 964 g/mol. The maximum atomic E-state index is 2.48. The van der Waals surface area contributed by atoms with Gasteiger partial charge in [-0.3, -0.25) is 0 Å². The molecule has 0 spiro atoms. The third-order valence-corrected chi connectivity index (χ3v) is 17.0. The van der Waals surface area contributed by atoms with Gasteiger partial charge in [-0.1, -0.05) is 166 Å². The summed E-state index contributed by atoms with van der Waals surface area (Å²) < 4.78 is 2.66. The summed E-state index contributed by atoms with van der Waals surface area (Å²) in [5.74, 6) is 0. The largest absolute Gasteiger partial charge is 0.310 e. The average molecular weight is 965 g/mol. The minimum Gasteiger partial charge on any atom is -0.310 e. The SMILES string of the molecule is Cc1cc(-c2ccc3sc4ccccc4c3c2)ccc1-c1ccc(N(c2ccc3c(c2)C(C)(C)c2cc(N(c4ccccc4)c4ccccc4)ccc2-3)c2ccc3c4ccccc4c4ccccc4c3c2)cc1C. The van der Waals surface area contributed by atoms with Gasteiger partial charge in [0.25, 0.3) is 0 Å². The first-order valence-electron chi connectivity index (χ1n) is 25.7. The van der Waals surface area contributed by atoms with Crippen LogP contribution in [0, 0.1) is 13.8 Å². The smallest absolute Gasteiger partial charge is 0.0468 e. The van der Waals surface area contributed by atoms with Gasteiger partial charge in [0.2, 0.25) is 0 Å². The van der Waals surface area contributed by atoms with E-state index in [1.54, 1.807) is 0 Å². The number of thiophene rings is 1. The zero-order valence-electron chi connectivity index (χ0n) is 41.9. The molecule has 0 N–H and O–H groups in total. The standard InChI is InChI=1S/C71H52N2S/c1-45-39-47(48-28-38-70-66(41-48)64-25-15-16-26-69(64)74-70)27-33-55(45)56-34-29-51(40-46(56)2)73(52-30-35-61-59-23-12-11-21-57(59)58-22-13-14-24-60(58)65(61)42-52)54-32-37-63-62-36-31-53(43-67(62)71(3,4)68(63)44-54)72(49-17-7-5-8-18-49)50-19-9-6-10-20-50/h5-44H,1-4H3. The predicted octanol–water partition coefficient (Wildman–Crippen LogP) is 20.7. The van der Waals surface area contributed by atoms with Gasteiger partial charge in [0.15, 0.2) is 0 Å². The Morgan fingerprint density at radius 2 is 0.689 bits per heavy atom. The van der Waals surface area contributed by atoms with Crippen LogP contribution in [0.25, 0.3) is 85.9 Å². The zero-order chi connectivity index (χ0) is 49.7. The van der Waals surface area contributed by atoms with Gasteiger partial charge in [0.1, 0.15) is 0 Å². The molecule has 0 unspecified atom stereocenters. The molecule has 0 amide bonds. The van der Waals surface area contributed by atoms with Gasteiger partial charge in [-0.25, -0.2) is 0 Å². The lowest BCUT2D eigenvalue weighted by atomic mass is 9.82. The Hall–Kier alpha value is -8.76. The minimum atomic E-state index is -0.271. The normalized spacial score (nSPS) is 12.7. The van der Waals surface area contributed by atoms with Crippen LogP contribution in [0.4, 0.5) is 34.1 Å². The molecule has 1 aliphatic carbocycles. The van der Waals surface area contributed by atoms with Crippen molar-refractivity contribution >= 4 is 98.0 Å². The van der Waals surface area contributed by atoms with Crippen LogP contribution in [-0.2, 0) is 5.41 Å². The molecule has 0 radical (unpaired) electrons. The van der Waals surface area contributed by atoms with E-state index < -0.39 is 0 Å². The first kappa shape index (κ1) is 44.0. The molecule has 0 saturated heterocycles.